The van der Waals surface area contributed by atoms with Gasteiger partial charge in [-0.25, -0.2) is 0 Å². The van der Waals surface area contributed by atoms with Crippen molar-refractivity contribution in [2.75, 3.05) is 0 Å². The fourth-order valence-electron chi connectivity index (χ4n) is 1.25. The summed E-state index contributed by atoms with van der Waals surface area (Å²) in [4.78, 5) is 15.1. The zero-order valence-electron chi connectivity index (χ0n) is 14.4. The molecule has 0 unspecified atom stereocenters. The summed E-state index contributed by atoms with van der Waals surface area (Å²) in [6.45, 7) is 0. The molecule has 0 saturated heterocycles. The number of hydrogen-bond donors (Lipinski definition) is 0. The van der Waals surface area contributed by atoms with Gasteiger partial charge in [-0.1, -0.05) is 24.3 Å². The summed E-state index contributed by atoms with van der Waals surface area (Å²) < 4.78 is 0. The zero-order chi connectivity index (χ0) is 19.7. The second-order valence-corrected chi connectivity index (χ2v) is 5.77. The van der Waals surface area contributed by atoms with Crippen LogP contribution >= 0.6 is 20.4 Å². The number of rotatable bonds is 0. The van der Waals surface area contributed by atoms with E-state index in [0.717, 1.165) is 0 Å². The molecule has 0 aliphatic carbocycles. The Morgan fingerprint density at radius 3 is 0.519 bits per heavy atom. The predicted molar refractivity (Wildman–Crippen MR) is 109 cm³/mol. The van der Waals surface area contributed by atoms with Crippen LogP contribution in [0.1, 0.15) is 0 Å². The second-order valence-electron chi connectivity index (χ2n) is 4.14. The molecule has 4 heterocycles. The van der Waals surface area contributed by atoms with Crippen molar-refractivity contribution in [2.24, 2.45) is 0 Å². The summed E-state index contributed by atoms with van der Waals surface area (Å²) >= 11 is 0.569. The monoisotopic (exact) mass is 444 g/mol. The topological polar surface area (TPSA) is 51.6 Å². The third-order valence-corrected chi connectivity index (χ3v) is 2.27. The largest absolute Gasteiger partial charge is 0.265 e. The van der Waals surface area contributed by atoms with Gasteiger partial charge in [0.2, 0.25) is 0 Å². The second kappa shape index (κ2) is 23.7. The van der Waals surface area contributed by atoms with Crippen molar-refractivity contribution in [2.45, 2.75) is 0 Å². The first-order chi connectivity index (χ1) is 13.4. The van der Waals surface area contributed by atoms with E-state index in [4.69, 9.17) is 20.4 Å². The minimum Gasteiger partial charge on any atom is -0.265 e. The van der Waals surface area contributed by atoms with Crippen molar-refractivity contribution in [3.8, 4) is 0 Å². The minimum atomic E-state index is 0.569. The van der Waals surface area contributed by atoms with E-state index in [1.807, 2.05) is 72.8 Å². The van der Waals surface area contributed by atoms with Gasteiger partial charge in [-0.05, 0) is 48.5 Å². The van der Waals surface area contributed by atoms with Gasteiger partial charge in [0.25, 0.3) is 0 Å². The van der Waals surface area contributed by atoms with Gasteiger partial charge in [-0.15, -0.1) is 0 Å². The first-order valence-corrected chi connectivity index (χ1v) is 10.4. The van der Waals surface area contributed by atoms with E-state index in [9.17, 15) is 0 Å². The number of pyridine rings is 4. The van der Waals surface area contributed by atoms with Crippen LogP contribution in [0.25, 0.3) is 0 Å². The fraction of sp³-hybridized carbons (Fsp3) is 0. The number of nitrogens with zero attached hydrogens (tertiary/aromatic N) is 4. The average Bonchev–Trinajstić information content (AvgIpc) is 2.80. The standard InChI is InChI=1S/4C5H5N.2ClH.Ni/c4*1-2-4-6-5-3-1;;;/h4*1-5H;2*1H;/q;;;;;;+2/p-2. The van der Waals surface area contributed by atoms with E-state index < -0.39 is 0 Å². The fourth-order valence-corrected chi connectivity index (χ4v) is 1.25. The molecule has 0 N–H and O–H groups in total. The number of halogens is 2. The summed E-state index contributed by atoms with van der Waals surface area (Å²) in [5.74, 6) is 0. The molecule has 4 nitrogen and oxygen atoms in total. The van der Waals surface area contributed by atoms with Crippen LogP contribution in [0.15, 0.2) is 122 Å². The molecule has 4 rings (SSSR count). The first-order valence-electron chi connectivity index (χ1n) is 7.64. The molecule has 0 saturated carbocycles. The van der Waals surface area contributed by atoms with Gasteiger partial charge in [0.15, 0.2) is 0 Å². The van der Waals surface area contributed by atoms with E-state index in [0.29, 0.717) is 12.7 Å². The van der Waals surface area contributed by atoms with Crippen LogP contribution in [0.3, 0.4) is 0 Å². The Bertz CT molecular complexity index is 461. The van der Waals surface area contributed by atoms with Crippen LogP contribution in [-0.4, -0.2) is 19.9 Å². The van der Waals surface area contributed by atoms with Crippen molar-refractivity contribution < 1.29 is 12.7 Å². The van der Waals surface area contributed by atoms with Crippen molar-refractivity contribution in [3.05, 3.63) is 122 Å². The van der Waals surface area contributed by atoms with E-state index >= 15 is 0 Å². The summed E-state index contributed by atoms with van der Waals surface area (Å²) in [5.41, 5.74) is 0. The molecule has 0 bridgehead atoms. The molecular formula is C20H20Cl2N4Ni. The maximum Gasteiger partial charge on any atom is 0.0267 e. The van der Waals surface area contributed by atoms with Gasteiger partial charge < -0.3 is 0 Å². The van der Waals surface area contributed by atoms with Gasteiger partial charge in [0.1, 0.15) is 0 Å². The van der Waals surface area contributed by atoms with Crippen LogP contribution < -0.4 is 0 Å². The molecule has 0 aromatic carbocycles. The number of hydrogen-bond acceptors (Lipinski definition) is 4. The van der Waals surface area contributed by atoms with Gasteiger partial charge in [-0.2, -0.15) is 0 Å². The average molecular weight is 446 g/mol. The maximum atomic E-state index is 4.70. The molecule has 0 spiro atoms. The molecule has 7 heteroatoms. The molecule has 0 radical (unpaired) electrons. The van der Waals surface area contributed by atoms with Gasteiger partial charge >= 0.3 is 33.0 Å². The van der Waals surface area contributed by atoms with Crippen molar-refractivity contribution >= 4 is 20.4 Å². The summed E-state index contributed by atoms with van der Waals surface area (Å²) in [6.07, 6.45) is 14.0. The molecular weight excluding hydrogens is 426 g/mol. The van der Waals surface area contributed by atoms with Crippen LogP contribution in [-0.2, 0) is 12.7 Å². The minimum absolute atomic E-state index is 0.569. The van der Waals surface area contributed by atoms with Crippen LogP contribution in [0.2, 0.25) is 0 Å². The normalized spacial score (nSPS) is 7.93. The van der Waals surface area contributed by atoms with E-state index in [1.165, 1.54) is 0 Å². The molecule has 4 aromatic heterocycles. The third kappa shape index (κ3) is 23.7. The quantitative estimate of drug-likeness (QED) is 0.325. The van der Waals surface area contributed by atoms with Crippen LogP contribution in [0.4, 0.5) is 0 Å². The summed E-state index contributed by atoms with van der Waals surface area (Å²) in [6, 6.07) is 22.9. The molecule has 0 fully saturated rings. The smallest absolute Gasteiger partial charge is 0.0267 e. The predicted octanol–water partition coefficient (Wildman–Crippen LogP) is 5.70. The van der Waals surface area contributed by atoms with E-state index in [1.54, 1.807) is 49.6 Å². The molecule has 0 atom stereocenters. The van der Waals surface area contributed by atoms with Crippen molar-refractivity contribution in [3.63, 3.8) is 0 Å². The Morgan fingerprint density at radius 1 is 0.333 bits per heavy atom. The van der Waals surface area contributed by atoms with Crippen molar-refractivity contribution in [1.29, 1.82) is 0 Å². The first kappa shape index (κ1) is 24.7. The molecule has 27 heavy (non-hydrogen) atoms. The molecule has 0 amide bonds. The molecule has 0 aliphatic rings. The van der Waals surface area contributed by atoms with Crippen LogP contribution in [0.5, 0.6) is 0 Å². The SMILES string of the molecule is [Cl][Ni][Cl].c1ccncc1.c1ccncc1.c1ccncc1.c1ccncc1. The Balaban J connectivity index is 0.000000319. The van der Waals surface area contributed by atoms with E-state index in [2.05, 4.69) is 19.9 Å². The Labute approximate surface area is 175 Å². The third-order valence-electron chi connectivity index (χ3n) is 2.27. The van der Waals surface area contributed by atoms with Gasteiger partial charge in [-0.3, -0.25) is 19.9 Å². The Kier molecular flexibility index (Phi) is 21.6. The van der Waals surface area contributed by atoms with Gasteiger partial charge in [0.05, 0.1) is 0 Å². The zero-order valence-corrected chi connectivity index (χ0v) is 16.9. The molecule has 4 aromatic rings. The van der Waals surface area contributed by atoms with E-state index in [-0.39, 0.29) is 0 Å². The molecule has 144 valence electrons. The maximum absolute atomic E-state index is 4.70. The van der Waals surface area contributed by atoms with Crippen molar-refractivity contribution in [1.82, 2.24) is 19.9 Å². The number of aromatic nitrogens is 4. The van der Waals surface area contributed by atoms with Crippen LogP contribution in [0, 0.1) is 0 Å². The molecule has 0 aliphatic heterocycles. The van der Waals surface area contributed by atoms with Gasteiger partial charge in [0, 0.05) is 49.6 Å². The summed E-state index contributed by atoms with van der Waals surface area (Å²) in [5, 5.41) is 0. The Morgan fingerprint density at radius 2 is 0.481 bits per heavy atom. The Hall–Kier alpha value is -2.33. The summed E-state index contributed by atoms with van der Waals surface area (Å²) in [7, 11) is 9.40.